The maximum atomic E-state index is 13.3. The molecule has 0 fully saturated rings. The van der Waals surface area contributed by atoms with Gasteiger partial charge in [-0.2, -0.15) is 10.1 Å². The lowest BCUT2D eigenvalue weighted by Gasteiger charge is -2.13. The Bertz CT molecular complexity index is 1500. The highest BCUT2D eigenvalue weighted by Crippen LogP contribution is 2.32. The van der Waals surface area contributed by atoms with Gasteiger partial charge in [0, 0.05) is 16.0 Å². The number of nitrogens with zero attached hydrogens (tertiary/aromatic N) is 4. The van der Waals surface area contributed by atoms with Gasteiger partial charge in [-0.05, 0) is 19.4 Å². The van der Waals surface area contributed by atoms with Crippen LogP contribution < -0.4 is 10.9 Å². The van der Waals surface area contributed by atoms with Crippen LogP contribution in [0.1, 0.15) is 20.9 Å². The van der Waals surface area contributed by atoms with E-state index in [1.165, 1.54) is 11.3 Å². The summed E-state index contributed by atoms with van der Waals surface area (Å²) in [4.78, 5) is 32.3. The van der Waals surface area contributed by atoms with Crippen LogP contribution in [0.3, 0.4) is 0 Å². The zero-order valence-corrected chi connectivity index (χ0v) is 18.1. The summed E-state index contributed by atoms with van der Waals surface area (Å²) in [6, 6.07) is 18.7. The number of benzene rings is 2. The van der Waals surface area contributed by atoms with Crippen molar-refractivity contribution in [2.24, 2.45) is 0 Å². The molecule has 2 N–H and O–H groups in total. The number of aromatic nitrogens is 5. The van der Waals surface area contributed by atoms with Crippen molar-refractivity contribution in [3.63, 3.8) is 0 Å². The molecule has 5 rings (SSSR count). The zero-order chi connectivity index (χ0) is 22.2. The van der Waals surface area contributed by atoms with E-state index < -0.39 is 11.5 Å². The number of amides is 1. The Hall–Kier alpha value is -4.11. The zero-order valence-electron chi connectivity index (χ0n) is 17.3. The van der Waals surface area contributed by atoms with Crippen molar-refractivity contribution >= 4 is 28.2 Å². The fourth-order valence-electron chi connectivity index (χ4n) is 3.52. The molecule has 1 amide bonds. The third-order valence-corrected chi connectivity index (χ3v) is 6.24. The molecule has 0 spiro atoms. The van der Waals surface area contributed by atoms with Gasteiger partial charge in [0.15, 0.2) is 0 Å². The molecule has 2 aromatic carbocycles. The SMILES string of the molecule is Cc1sc2nc(NC(=O)c3c(-c4ccccc4)c(-c4ccccc4)n[nH]c3=O)nn2c1C. The largest absolute Gasteiger partial charge is 0.289 e. The number of carbonyl (C=O) groups excluding carboxylic acids is 1. The summed E-state index contributed by atoms with van der Waals surface area (Å²) < 4.78 is 1.68. The van der Waals surface area contributed by atoms with Crippen LogP contribution in [0.4, 0.5) is 5.95 Å². The monoisotopic (exact) mass is 442 g/mol. The molecule has 3 heterocycles. The second-order valence-electron chi connectivity index (χ2n) is 7.21. The summed E-state index contributed by atoms with van der Waals surface area (Å²) in [5.74, 6) is -0.460. The quantitative estimate of drug-likeness (QED) is 0.436. The van der Waals surface area contributed by atoms with Crippen LogP contribution >= 0.6 is 11.3 Å². The standard InChI is InChI=1S/C23H18N6O2S/c1-13-14(2)32-23-25-22(28-29(13)23)24-20(30)18-17(15-9-5-3-6-10-15)19(26-27-21(18)31)16-11-7-4-8-12-16/h3-12H,1-2H3,(H,27,31)(H,24,28,30). The van der Waals surface area contributed by atoms with Crippen LogP contribution in [0.5, 0.6) is 0 Å². The molecule has 8 nitrogen and oxygen atoms in total. The first kappa shape index (κ1) is 19.8. The number of fused-ring (bicyclic) bond motifs is 1. The van der Waals surface area contributed by atoms with Crippen LogP contribution in [0.25, 0.3) is 27.3 Å². The van der Waals surface area contributed by atoms with Gasteiger partial charge in [0.2, 0.25) is 4.96 Å². The predicted molar refractivity (Wildman–Crippen MR) is 124 cm³/mol. The van der Waals surface area contributed by atoms with E-state index in [0.717, 1.165) is 16.1 Å². The number of hydrogen-bond acceptors (Lipinski definition) is 6. The van der Waals surface area contributed by atoms with Crippen LogP contribution in [-0.4, -0.2) is 30.7 Å². The van der Waals surface area contributed by atoms with Gasteiger partial charge in [-0.15, -0.1) is 5.10 Å². The highest BCUT2D eigenvalue weighted by molar-refractivity contribution is 7.17. The number of H-pyrrole nitrogens is 1. The molecule has 0 aliphatic heterocycles. The van der Waals surface area contributed by atoms with Gasteiger partial charge in [-0.1, -0.05) is 72.0 Å². The van der Waals surface area contributed by atoms with E-state index >= 15 is 0 Å². The Kier molecular flexibility index (Phi) is 4.87. The molecule has 0 aliphatic rings. The highest BCUT2D eigenvalue weighted by Gasteiger charge is 2.24. The minimum atomic E-state index is -0.600. The summed E-state index contributed by atoms with van der Waals surface area (Å²) in [6.07, 6.45) is 0. The predicted octanol–water partition coefficient (Wildman–Crippen LogP) is 4.08. The fraction of sp³-hybridized carbons (Fsp3) is 0.0870. The Labute approximate surface area is 186 Å². The lowest BCUT2D eigenvalue weighted by atomic mass is 9.95. The van der Waals surface area contributed by atoms with Gasteiger partial charge in [-0.3, -0.25) is 14.9 Å². The molecule has 0 bridgehead atoms. The molecule has 0 unspecified atom stereocenters. The number of rotatable bonds is 4. The third-order valence-electron chi connectivity index (χ3n) is 5.19. The number of aryl methyl sites for hydroxylation is 2. The second kappa shape index (κ2) is 7.86. The van der Waals surface area contributed by atoms with Crippen molar-refractivity contribution < 1.29 is 4.79 Å². The molecular formula is C23H18N6O2S. The van der Waals surface area contributed by atoms with Gasteiger partial charge in [0.05, 0.1) is 11.4 Å². The summed E-state index contributed by atoms with van der Waals surface area (Å²) in [7, 11) is 0. The van der Waals surface area contributed by atoms with Crippen molar-refractivity contribution in [3.8, 4) is 22.4 Å². The maximum Gasteiger partial charge on any atom is 0.277 e. The van der Waals surface area contributed by atoms with Crippen molar-refractivity contribution in [2.45, 2.75) is 13.8 Å². The Morgan fingerprint density at radius 2 is 1.66 bits per heavy atom. The average molecular weight is 443 g/mol. The molecular weight excluding hydrogens is 424 g/mol. The van der Waals surface area contributed by atoms with Crippen LogP contribution in [0.15, 0.2) is 65.5 Å². The lowest BCUT2D eigenvalue weighted by molar-refractivity contribution is 0.102. The van der Waals surface area contributed by atoms with Gasteiger partial charge in [0.1, 0.15) is 5.56 Å². The van der Waals surface area contributed by atoms with E-state index in [1.54, 1.807) is 4.52 Å². The minimum Gasteiger partial charge on any atom is -0.289 e. The van der Waals surface area contributed by atoms with Crippen molar-refractivity contribution in [1.29, 1.82) is 0 Å². The third kappa shape index (κ3) is 3.38. The Morgan fingerprint density at radius 1 is 1.00 bits per heavy atom. The summed E-state index contributed by atoms with van der Waals surface area (Å²) >= 11 is 1.49. The number of nitrogens with one attached hydrogen (secondary N) is 2. The summed E-state index contributed by atoms with van der Waals surface area (Å²) in [5, 5.41) is 13.8. The molecule has 0 radical (unpaired) electrons. The van der Waals surface area contributed by atoms with Gasteiger partial charge >= 0.3 is 0 Å². The topological polar surface area (TPSA) is 105 Å². The van der Waals surface area contributed by atoms with Crippen LogP contribution in [-0.2, 0) is 0 Å². The minimum absolute atomic E-state index is 0.0453. The Morgan fingerprint density at radius 3 is 2.31 bits per heavy atom. The first-order valence-corrected chi connectivity index (χ1v) is 10.7. The van der Waals surface area contributed by atoms with E-state index in [0.29, 0.717) is 21.8 Å². The number of thiazole rings is 1. The van der Waals surface area contributed by atoms with E-state index in [1.807, 2.05) is 74.5 Å². The molecule has 0 saturated carbocycles. The maximum absolute atomic E-state index is 13.3. The molecule has 0 aliphatic carbocycles. The average Bonchev–Trinajstić information content (AvgIpc) is 3.32. The highest BCUT2D eigenvalue weighted by atomic mass is 32.1. The molecule has 3 aromatic heterocycles. The lowest BCUT2D eigenvalue weighted by Crippen LogP contribution is -2.26. The van der Waals surface area contributed by atoms with Gasteiger partial charge < -0.3 is 0 Å². The van der Waals surface area contributed by atoms with Crippen molar-refractivity contribution in [3.05, 3.63) is 87.2 Å². The molecule has 0 atom stereocenters. The number of hydrogen-bond donors (Lipinski definition) is 2. The van der Waals surface area contributed by atoms with E-state index in [9.17, 15) is 9.59 Å². The first-order valence-electron chi connectivity index (χ1n) is 9.90. The van der Waals surface area contributed by atoms with Gasteiger partial charge in [-0.25, -0.2) is 9.61 Å². The van der Waals surface area contributed by atoms with Crippen LogP contribution in [0.2, 0.25) is 0 Å². The number of carbonyl (C=O) groups is 1. The molecule has 0 saturated heterocycles. The molecule has 9 heteroatoms. The van der Waals surface area contributed by atoms with E-state index in [-0.39, 0.29) is 11.5 Å². The van der Waals surface area contributed by atoms with E-state index in [4.69, 9.17) is 0 Å². The van der Waals surface area contributed by atoms with Crippen LogP contribution in [0, 0.1) is 13.8 Å². The summed E-state index contributed by atoms with van der Waals surface area (Å²) in [5.41, 5.74) is 2.77. The normalized spacial score (nSPS) is 11.1. The molecule has 158 valence electrons. The van der Waals surface area contributed by atoms with Crippen molar-refractivity contribution in [2.75, 3.05) is 5.32 Å². The molecule has 5 aromatic rings. The smallest absolute Gasteiger partial charge is 0.277 e. The van der Waals surface area contributed by atoms with Crippen molar-refractivity contribution in [1.82, 2.24) is 24.8 Å². The van der Waals surface area contributed by atoms with Gasteiger partial charge in [0.25, 0.3) is 17.4 Å². The molecule has 32 heavy (non-hydrogen) atoms. The number of aromatic amines is 1. The number of anilines is 1. The first-order chi connectivity index (χ1) is 15.5. The summed E-state index contributed by atoms with van der Waals surface area (Å²) in [6.45, 7) is 3.93. The fourth-order valence-corrected chi connectivity index (χ4v) is 4.42. The van der Waals surface area contributed by atoms with E-state index in [2.05, 4.69) is 25.6 Å². The second-order valence-corrected chi connectivity index (χ2v) is 8.39. The Balaban J connectivity index is 1.65.